The fourth-order valence-corrected chi connectivity index (χ4v) is 2.16. The highest BCUT2D eigenvalue weighted by molar-refractivity contribution is 4.93. The molecule has 0 bridgehead atoms. The van der Waals surface area contributed by atoms with Gasteiger partial charge in [-0.1, -0.05) is 26.2 Å². The predicted octanol–water partition coefficient (Wildman–Crippen LogP) is 1.28. The van der Waals surface area contributed by atoms with Gasteiger partial charge in [0.1, 0.15) is 0 Å². The first kappa shape index (κ1) is 9.01. The molecule has 0 radical (unpaired) electrons. The smallest absolute Gasteiger partial charge is 0.0613 e. The van der Waals surface area contributed by atoms with Crippen LogP contribution >= 0.6 is 0 Å². The molecule has 0 amide bonds. The average Bonchev–Trinajstić information content (AvgIpc) is 2.05. The lowest BCUT2D eigenvalue weighted by molar-refractivity contribution is 0.0978. The quantitative estimate of drug-likeness (QED) is 0.634. The molecule has 1 aliphatic rings. The normalized spacial score (nSPS) is 39.0. The van der Waals surface area contributed by atoms with E-state index in [1.807, 2.05) is 0 Å². The van der Waals surface area contributed by atoms with Gasteiger partial charge in [0, 0.05) is 5.54 Å². The summed E-state index contributed by atoms with van der Waals surface area (Å²) in [7, 11) is 0. The van der Waals surface area contributed by atoms with Crippen LogP contribution < -0.4 is 5.73 Å². The van der Waals surface area contributed by atoms with E-state index < -0.39 is 0 Å². The van der Waals surface area contributed by atoms with Crippen molar-refractivity contribution in [1.29, 1.82) is 0 Å². The van der Waals surface area contributed by atoms with Crippen molar-refractivity contribution in [3.05, 3.63) is 0 Å². The van der Waals surface area contributed by atoms with Crippen LogP contribution in [-0.4, -0.2) is 17.3 Å². The molecule has 66 valence electrons. The molecule has 1 saturated carbocycles. The van der Waals surface area contributed by atoms with Crippen LogP contribution in [0.4, 0.5) is 0 Å². The molecule has 0 spiro atoms. The van der Waals surface area contributed by atoms with Crippen molar-refractivity contribution in [2.45, 2.75) is 44.6 Å². The molecule has 0 aromatic carbocycles. The lowest BCUT2D eigenvalue weighted by Crippen LogP contribution is -2.52. The molecular weight excluding hydrogens is 138 g/mol. The van der Waals surface area contributed by atoms with Crippen molar-refractivity contribution in [3.63, 3.8) is 0 Å². The van der Waals surface area contributed by atoms with Crippen LogP contribution in [-0.2, 0) is 0 Å². The summed E-state index contributed by atoms with van der Waals surface area (Å²) in [6.45, 7) is 2.32. The van der Waals surface area contributed by atoms with Gasteiger partial charge in [0.15, 0.2) is 0 Å². The Labute approximate surface area is 68.8 Å². The van der Waals surface area contributed by atoms with Gasteiger partial charge in [-0.15, -0.1) is 0 Å². The second kappa shape index (κ2) is 3.55. The molecule has 1 rings (SSSR count). The molecule has 2 nitrogen and oxygen atoms in total. The summed E-state index contributed by atoms with van der Waals surface area (Å²) in [6.07, 6.45) is 5.79. The predicted molar refractivity (Wildman–Crippen MR) is 46.3 cm³/mol. The lowest BCUT2D eigenvalue weighted by atomic mass is 9.73. The zero-order chi connectivity index (χ0) is 8.32. The molecule has 3 N–H and O–H groups in total. The first-order valence-electron chi connectivity index (χ1n) is 4.62. The molecule has 1 aliphatic carbocycles. The van der Waals surface area contributed by atoms with E-state index in [0.717, 1.165) is 12.8 Å². The molecule has 11 heavy (non-hydrogen) atoms. The molecule has 0 aromatic rings. The Hall–Kier alpha value is -0.0800. The average molecular weight is 157 g/mol. The Balaban J connectivity index is 2.57. The molecular formula is C9H19NO. The van der Waals surface area contributed by atoms with Gasteiger partial charge in [0.25, 0.3) is 0 Å². The minimum absolute atomic E-state index is 0.158. The Morgan fingerprint density at radius 2 is 2.27 bits per heavy atom. The van der Waals surface area contributed by atoms with E-state index in [4.69, 9.17) is 10.8 Å². The minimum Gasteiger partial charge on any atom is -0.394 e. The van der Waals surface area contributed by atoms with Crippen molar-refractivity contribution in [1.82, 2.24) is 0 Å². The van der Waals surface area contributed by atoms with Gasteiger partial charge in [-0.2, -0.15) is 0 Å². The Morgan fingerprint density at radius 1 is 1.55 bits per heavy atom. The SMILES string of the molecule is CCC1CCCCC1(N)CO. The van der Waals surface area contributed by atoms with Crippen molar-refractivity contribution >= 4 is 0 Å². The summed E-state index contributed by atoms with van der Waals surface area (Å²) in [6, 6.07) is 0. The van der Waals surface area contributed by atoms with E-state index in [2.05, 4.69) is 6.92 Å². The summed E-state index contributed by atoms with van der Waals surface area (Å²) in [5.41, 5.74) is 5.81. The van der Waals surface area contributed by atoms with Crippen LogP contribution in [0.5, 0.6) is 0 Å². The van der Waals surface area contributed by atoms with Gasteiger partial charge in [-0.3, -0.25) is 0 Å². The highest BCUT2D eigenvalue weighted by Crippen LogP contribution is 2.33. The molecule has 2 atom stereocenters. The van der Waals surface area contributed by atoms with Gasteiger partial charge >= 0.3 is 0 Å². The summed E-state index contributed by atoms with van der Waals surface area (Å²) in [5.74, 6) is 0.543. The molecule has 0 aliphatic heterocycles. The molecule has 2 unspecified atom stereocenters. The Morgan fingerprint density at radius 3 is 2.73 bits per heavy atom. The highest BCUT2D eigenvalue weighted by Gasteiger charge is 2.34. The van der Waals surface area contributed by atoms with Crippen molar-refractivity contribution in [2.75, 3.05) is 6.61 Å². The maximum absolute atomic E-state index is 9.13. The van der Waals surface area contributed by atoms with Crippen LogP contribution in [0.15, 0.2) is 0 Å². The van der Waals surface area contributed by atoms with Gasteiger partial charge in [0.05, 0.1) is 6.61 Å². The Bertz CT molecular complexity index is 127. The third-order valence-electron chi connectivity index (χ3n) is 3.05. The summed E-state index contributed by atoms with van der Waals surface area (Å²) >= 11 is 0. The number of aliphatic hydroxyl groups excluding tert-OH is 1. The van der Waals surface area contributed by atoms with Gasteiger partial charge in [-0.05, 0) is 18.8 Å². The number of aliphatic hydroxyl groups is 1. The lowest BCUT2D eigenvalue weighted by Gasteiger charge is -2.39. The molecule has 0 aromatic heterocycles. The minimum atomic E-state index is -0.257. The second-order valence-electron chi connectivity index (χ2n) is 3.74. The van der Waals surface area contributed by atoms with E-state index in [0.29, 0.717) is 5.92 Å². The third kappa shape index (κ3) is 1.74. The van der Waals surface area contributed by atoms with Gasteiger partial charge < -0.3 is 10.8 Å². The van der Waals surface area contributed by atoms with Crippen LogP contribution in [0.3, 0.4) is 0 Å². The summed E-state index contributed by atoms with van der Waals surface area (Å²) in [5, 5.41) is 9.13. The number of nitrogens with two attached hydrogens (primary N) is 1. The summed E-state index contributed by atoms with van der Waals surface area (Å²) < 4.78 is 0. The third-order valence-corrected chi connectivity index (χ3v) is 3.05. The second-order valence-corrected chi connectivity index (χ2v) is 3.74. The van der Waals surface area contributed by atoms with Crippen molar-refractivity contribution in [2.24, 2.45) is 11.7 Å². The molecule has 0 heterocycles. The number of hydrogen-bond acceptors (Lipinski definition) is 2. The van der Waals surface area contributed by atoms with Gasteiger partial charge in [0.2, 0.25) is 0 Å². The van der Waals surface area contributed by atoms with Gasteiger partial charge in [-0.25, -0.2) is 0 Å². The largest absolute Gasteiger partial charge is 0.394 e. The maximum atomic E-state index is 9.13. The van der Waals surface area contributed by atoms with Crippen LogP contribution in [0.1, 0.15) is 39.0 Å². The first-order chi connectivity index (χ1) is 5.23. The van der Waals surface area contributed by atoms with E-state index in [-0.39, 0.29) is 12.1 Å². The Kier molecular flexibility index (Phi) is 2.90. The monoisotopic (exact) mass is 157 g/mol. The zero-order valence-corrected chi connectivity index (χ0v) is 7.34. The van der Waals surface area contributed by atoms with E-state index in [1.165, 1.54) is 19.3 Å². The van der Waals surface area contributed by atoms with E-state index in [9.17, 15) is 0 Å². The van der Waals surface area contributed by atoms with Crippen LogP contribution in [0.25, 0.3) is 0 Å². The topological polar surface area (TPSA) is 46.2 Å². The van der Waals surface area contributed by atoms with E-state index in [1.54, 1.807) is 0 Å². The standard InChI is InChI=1S/C9H19NO/c1-2-8-5-3-4-6-9(8,10)7-11/h8,11H,2-7,10H2,1H3. The molecule has 2 heteroatoms. The number of hydrogen-bond donors (Lipinski definition) is 2. The zero-order valence-electron chi connectivity index (χ0n) is 7.34. The highest BCUT2D eigenvalue weighted by atomic mass is 16.3. The van der Waals surface area contributed by atoms with E-state index >= 15 is 0 Å². The van der Waals surface area contributed by atoms with Crippen LogP contribution in [0, 0.1) is 5.92 Å². The number of rotatable bonds is 2. The summed E-state index contributed by atoms with van der Waals surface area (Å²) in [4.78, 5) is 0. The molecule has 1 fully saturated rings. The first-order valence-corrected chi connectivity index (χ1v) is 4.62. The fourth-order valence-electron chi connectivity index (χ4n) is 2.16. The maximum Gasteiger partial charge on any atom is 0.0613 e. The van der Waals surface area contributed by atoms with Crippen molar-refractivity contribution < 1.29 is 5.11 Å². The fraction of sp³-hybridized carbons (Fsp3) is 1.00. The van der Waals surface area contributed by atoms with Crippen LogP contribution in [0.2, 0.25) is 0 Å². The molecule has 0 saturated heterocycles. The van der Waals surface area contributed by atoms with Crippen molar-refractivity contribution in [3.8, 4) is 0 Å².